The molecule has 0 radical (unpaired) electrons. The summed E-state index contributed by atoms with van der Waals surface area (Å²) in [7, 11) is 0. The molecule has 306 valence electrons. The molecule has 0 atom stereocenters. The first-order valence-corrected chi connectivity index (χ1v) is 20.7. The molecule has 0 fully saturated rings. The van der Waals surface area contributed by atoms with E-state index in [2.05, 4.69) is 209 Å². The van der Waals surface area contributed by atoms with Gasteiger partial charge in [-0.3, -0.25) is 0 Å². The Kier molecular flexibility index (Phi) is 14.5. The molecule has 9 rings (SSSR count). The zero-order valence-electron chi connectivity index (χ0n) is 36.2. The third kappa shape index (κ3) is 11.1. The highest BCUT2D eigenvalue weighted by molar-refractivity contribution is 6.28. The maximum absolute atomic E-state index is 6.30. The van der Waals surface area contributed by atoms with Crippen molar-refractivity contribution in [1.29, 1.82) is 0 Å². The molecule has 0 aliphatic carbocycles. The number of hydrogen-bond acceptors (Lipinski definition) is 4. The Hall–Kier alpha value is -11.6. The van der Waals surface area contributed by atoms with Crippen LogP contribution >= 0.6 is 0 Å². The zero-order valence-corrected chi connectivity index (χ0v) is 36.2. The van der Waals surface area contributed by atoms with Gasteiger partial charge in [0.2, 0.25) is 0 Å². The molecule has 0 amide bonds. The van der Waals surface area contributed by atoms with Crippen molar-refractivity contribution < 1.29 is 4.42 Å². The Morgan fingerprint density at radius 1 is 0.261 bits per heavy atom. The average Bonchev–Trinajstić information content (AvgIpc) is 3.77. The van der Waals surface area contributed by atoms with Crippen LogP contribution in [-0.4, -0.2) is 15.0 Å². The van der Waals surface area contributed by atoms with E-state index < -0.39 is 0 Å². The zero-order chi connectivity index (χ0) is 47.3. The van der Waals surface area contributed by atoms with E-state index in [0.717, 1.165) is 49.4 Å². The molecule has 0 aliphatic heterocycles. The first-order chi connectivity index (χ1) is 34.2. The summed E-state index contributed by atoms with van der Waals surface area (Å²) in [4.78, 5) is 14.8. The monoisotopic (exact) mass is 863 g/mol. The van der Waals surface area contributed by atoms with Crippen LogP contribution in [0.5, 0.6) is 0 Å². The number of benzene rings is 7. The van der Waals surface area contributed by atoms with Gasteiger partial charge in [0.15, 0.2) is 17.5 Å². The predicted octanol–water partition coefficient (Wildman–Crippen LogP) is 10.5. The molecule has 2 aromatic heterocycles. The van der Waals surface area contributed by atoms with E-state index in [1.165, 1.54) is 21.5 Å². The summed E-state index contributed by atoms with van der Waals surface area (Å²) in [6.45, 7) is 0. The maximum Gasteiger partial charge on any atom is 0.164 e. The molecular formula is C65H25N3O. The van der Waals surface area contributed by atoms with Crippen LogP contribution in [-0.2, 0) is 0 Å². The fourth-order valence-corrected chi connectivity index (χ4v) is 6.95. The van der Waals surface area contributed by atoms with Crippen molar-refractivity contribution in [1.82, 2.24) is 15.0 Å². The topological polar surface area (TPSA) is 51.8 Å². The number of fused-ring (bicyclic) bond motifs is 9. The van der Waals surface area contributed by atoms with Crippen molar-refractivity contribution in [2.24, 2.45) is 0 Å². The maximum atomic E-state index is 6.30. The van der Waals surface area contributed by atoms with E-state index in [0.29, 0.717) is 17.5 Å². The lowest BCUT2D eigenvalue weighted by atomic mass is 9.92. The molecule has 4 nitrogen and oxygen atoms in total. The normalized spacial score (nSPS) is 8.72. The summed E-state index contributed by atoms with van der Waals surface area (Å²) < 4.78 is 6.30. The summed E-state index contributed by atoms with van der Waals surface area (Å²) in [6, 6.07) is 48.1. The van der Waals surface area contributed by atoms with E-state index in [-0.39, 0.29) is 0 Å². The van der Waals surface area contributed by atoms with Gasteiger partial charge in [-0.1, -0.05) is 115 Å². The Bertz CT molecular complexity index is 4220. The molecule has 0 unspecified atom stereocenters. The van der Waals surface area contributed by atoms with Gasteiger partial charge in [-0.2, -0.15) is 0 Å². The lowest BCUT2D eigenvalue weighted by molar-refractivity contribution is 0.669. The lowest BCUT2D eigenvalue weighted by Gasteiger charge is -2.13. The highest BCUT2D eigenvalue weighted by atomic mass is 16.3. The highest BCUT2D eigenvalue weighted by Crippen LogP contribution is 2.41. The fourth-order valence-electron chi connectivity index (χ4n) is 6.95. The Morgan fingerprint density at radius 3 is 1.06 bits per heavy atom. The molecule has 0 spiro atoms. The summed E-state index contributed by atoms with van der Waals surface area (Å²) in [5, 5.41) is 9.37. The molecule has 0 N–H and O–H groups in total. The van der Waals surface area contributed by atoms with Crippen LogP contribution in [0.2, 0.25) is 0 Å². The molecule has 0 saturated heterocycles. The van der Waals surface area contributed by atoms with Gasteiger partial charge in [-0.25, -0.2) is 15.0 Å². The average molecular weight is 864 g/mol. The summed E-state index contributed by atoms with van der Waals surface area (Å²) in [5.74, 6) is 60.1. The molecule has 0 saturated carbocycles. The van der Waals surface area contributed by atoms with Gasteiger partial charge in [0.25, 0.3) is 0 Å². The quantitative estimate of drug-likeness (QED) is 0.131. The van der Waals surface area contributed by atoms with Gasteiger partial charge in [0.1, 0.15) is 11.2 Å². The SMILES string of the molecule is C#CC#CC#CC#CC#CC#CC#CC#CC#CC#CC#CC#CC#C.c1ccc(-c2nc(-c3ccccc3)nc(-c3ccc4c(c3)c3ccccc3c3cc5c(cc43)oc3ccccc35)n2)cc1. The molecule has 69 heavy (non-hydrogen) atoms. The van der Waals surface area contributed by atoms with E-state index in [9.17, 15) is 0 Å². The van der Waals surface area contributed by atoms with Gasteiger partial charge >= 0.3 is 0 Å². The number of nitrogens with zero attached hydrogens (tertiary/aromatic N) is 3. The minimum Gasteiger partial charge on any atom is -0.456 e. The van der Waals surface area contributed by atoms with E-state index in [1.807, 2.05) is 72.8 Å². The number of aromatic nitrogens is 3. The van der Waals surface area contributed by atoms with Crippen LogP contribution < -0.4 is 0 Å². The first-order valence-electron chi connectivity index (χ1n) is 20.7. The molecule has 4 heteroatoms. The number of para-hydroxylation sites is 1. The van der Waals surface area contributed by atoms with E-state index in [1.54, 1.807) is 0 Å². The van der Waals surface area contributed by atoms with Gasteiger partial charge in [0.05, 0.1) is 0 Å². The Labute approximate surface area is 400 Å². The largest absolute Gasteiger partial charge is 0.456 e. The third-order valence-electron chi connectivity index (χ3n) is 9.75. The van der Waals surface area contributed by atoms with Crippen LogP contribution in [0.3, 0.4) is 0 Å². The van der Waals surface area contributed by atoms with Gasteiger partial charge in [-0.05, 0) is 151 Å². The van der Waals surface area contributed by atoms with Crippen molar-refractivity contribution in [3.63, 3.8) is 0 Å². The van der Waals surface area contributed by atoms with Crippen LogP contribution in [0.25, 0.3) is 88.4 Å². The van der Waals surface area contributed by atoms with E-state index in [4.69, 9.17) is 32.2 Å². The summed E-state index contributed by atoms with van der Waals surface area (Å²) >= 11 is 0. The number of hydrogen-bond donors (Lipinski definition) is 0. The second-order valence-corrected chi connectivity index (χ2v) is 13.9. The fraction of sp³-hybridized carbons (Fsp3) is 0. The van der Waals surface area contributed by atoms with Gasteiger partial charge in [0, 0.05) is 74.8 Å². The first kappa shape index (κ1) is 44.0. The standard InChI is InChI=1S/C39H23N3O.C26H2/c1-3-11-24(12-4-1)37-40-38(25-13-5-2-6-14-25)42-39(41-37)26-19-20-29-31(21-26)27-15-7-8-16-28(27)32-22-34-30-17-9-10-18-35(30)43-36(34)23-33(29)32;1-3-5-7-9-11-13-15-17-19-21-23-25-26-24-22-20-18-16-14-12-10-8-6-4-2/h1-23H;1-2H. The Morgan fingerprint density at radius 2 is 0.609 bits per heavy atom. The van der Waals surface area contributed by atoms with Crippen molar-refractivity contribution in [2.75, 3.05) is 0 Å². The number of terminal acetylenes is 2. The van der Waals surface area contributed by atoms with Crippen molar-refractivity contribution in [3.05, 3.63) is 140 Å². The van der Waals surface area contributed by atoms with Crippen LogP contribution in [0.4, 0.5) is 0 Å². The minimum atomic E-state index is 0.645. The van der Waals surface area contributed by atoms with Crippen LogP contribution in [0.1, 0.15) is 0 Å². The molecular weight excluding hydrogens is 839 g/mol. The van der Waals surface area contributed by atoms with Gasteiger partial charge in [-0.15, -0.1) is 12.8 Å². The van der Waals surface area contributed by atoms with Crippen molar-refractivity contribution in [2.45, 2.75) is 0 Å². The van der Waals surface area contributed by atoms with Crippen LogP contribution in [0, 0.1) is 155 Å². The van der Waals surface area contributed by atoms with Gasteiger partial charge < -0.3 is 4.42 Å². The summed E-state index contributed by atoms with van der Waals surface area (Å²) in [5.41, 5.74) is 4.65. The Balaban J connectivity index is 0.000000215. The van der Waals surface area contributed by atoms with Crippen molar-refractivity contribution in [3.8, 4) is 189 Å². The molecule has 2 heterocycles. The molecule has 0 aliphatic rings. The smallest absolute Gasteiger partial charge is 0.164 e. The van der Waals surface area contributed by atoms with E-state index >= 15 is 0 Å². The number of rotatable bonds is 3. The highest BCUT2D eigenvalue weighted by Gasteiger charge is 2.16. The lowest BCUT2D eigenvalue weighted by Crippen LogP contribution is -2.00. The van der Waals surface area contributed by atoms with Crippen LogP contribution in [0.15, 0.2) is 144 Å². The second kappa shape index (κ2) is 22.7. The predicted molar refractivity (Wildman–Crippen MR) is 279 cm³/mol. The van der Waals surface area contributed by atoms with Crippen molar-refractivity contribution >= 4 is 54.3 Å². The number of furan rings is 1. The third-order valence-corrected chi connectivity index (χ3v) is 9.75. The second-order valence-electron chi connectivity index (χ2n) is 13.9. The summed E-state index contributed by atoms with van der Waals surface area (Å²) in [6.07, 6.45) is 9.82. The minimum absolute atomic E-state index is 0.645. The molecule has 0 bridgehead atoms. The molecule has 7 aromatic carbocycles. The molecule has 9 aromatic rings.